The van der Waals surface area contributed by atoms with E-state index in [9.17, 15) is 4.79 Å². The second kappa shape index (κ2) is 12.5. The highest BCUT2D eigenvalue weighted by atomic mass is 16.6. The minimum Gasteiger partial charge on any atom is -0.460 e. The van der Waals surface area contributed by atoms with Gasteiger partial charge in [0.15, 0.2) is 0 Å². The number of ether oxygens (including phenoxy) is 3. The van der Waals surface area contributed by atoms with Gasteiger partial charge in [-0.3, -0.25) is 0 Å². The van der Waals surface area contributed by atoms with Crippen LogP contribution in [0.25, 0.3) is 0 Å². The fourth-order valence-electron chi connectivity index (χ4n) is 2.29. The van der Waals surface area contributed by atoms with Crippen molar-refractivity contribution < 1.29 is 19.0 Å². The van der Waals surface area contributed by atoms with E-state index in [1.807, 2.05) is 0 Å². The molecule has 144 valence electrons. The van der Waals surface area contributed by atoms with Crippen LogP contribution in [0.1, 0.15) is 73.1 Å². The molecule has 0 aromatic carbocycles. The van der Waals surface area contributed by atoms with Gasteiger partial charge in [-0.25, -0.2) is 4.79 Å². The summed E-state index contributed by atoms with van der Waals surface area (Å²) >= 11 is 0. The van der Waals surface area contributed by atoms with E-state index in [0.717, 1.165) is 19.1 Å². The average Bonchev–Trinajstić information content (AvgIpc) is 2.54. The maximum atomic E-state index is 11.1. The Balaban J connectivity index is 3.98. The molecule has 2 atom stereocenters. The molecule has 2 radical (unpaired) electrons. The van der Waals surface area contributed by atoms with Gasteiger partial charge in [0.2, 0.25) is 0 Å². The molecule has 0 rings (SSSR count). The first kappa shape index (κ1) is 24.2. The van der Waals surface area contributed by atoms with Crippen LogP contribution in [-0.2, 0) is 19.0 Å². The molecule has 0 aliphatic rings. The lowest BCUT2D eigenvalue weighted by molar-refractivity contribution is -0.144. The van der Waals surface area contributed by atoms with Crippen molar-refractivity contribution in [3.8, 4) is 0 Å². The first-order chi connectivity index (χ1) is 11.6. The number of hydrogen-bond acceptors (Lipinski definition) is 4. The van der Waals surface area contributed by atoms with Gasteiger partial charge in [0.1, 0.15) is 14.5 Å². The summed E-state index contributed by atoms with van der Waals surface area (Å²) in [6.45, 7) is 14.8. The molecule has 0 heterocycles. The van der Waals surface area contributed by atoms with Crippen LogP contribution in [0.5, 0.6) is 0 Å². The normalized spacial score (nSPS) is 15.4. The van der Waals surface area contributed by atoms with Gasteiger partial charge in [0.25, 0.3) is 0 Å². The number of esters is 1. The van der Waals surface area contributed by atoms with E-state index in [2.05, 4.69) is 34.3 Å². The molecule has 25 heavy (non-hydrogen) atoms. The topological polar surface area (TPSA) is 44.8 Å². The zero-order valence-corrected chi connectivity index (χ0v) is 16.9. The van der Waals surface area contributed by atoms with Crippen LogP contribution in [0, 0.1) is 5.92 Å². The summed E-state index contributed by atoms with van der Waals surface area (Å²) < 4.78 is 16.6. The quantitative estimate of drug-likeness (QED) is 0.190. The smallest absolute Gasteiger partial charge is 0.330 e. The molecule has 2 unspecified atom stereocenters. The number of carbonyl (C=O) groups excluding carboxylic acids is 1. The Morgan fingerprint density at radius 1 is 1.20 bits per heavy atom. The van der Waals surface area contributed by atoms with Gasteiger partial charge in [-0.1, -0.05) is 46.1 Å². The maximum absolute atomic E-state index is 11.1. The Morgan fingerprint density at radius 3 is 2.48 bits per heavy atom. The standard InChI is InChI=1S/C20H37BO4/c1-7-9-10-11-12-17(3)15-25-19(4,5)13-14-24-20(6,21)16-23-18(22)8-2/h8,17H,2,7,9-16H2,1,3-6H3. The molecule has 5 heteroatoms. The van der Waals surface area contributed by atoms with Gasteiger partial charge in [0.05, 0.1) is 11.1 Å². The highest BCUT2D eigenvalue weighted by Crippen LogP contribution is 2.20. The molecule has 0 aromatic rings. The molecular weight excluding hydrogens is 315 g/mol. The van der Waals surface area contributed by atoms with Crippen molar-refractivity contribution in [1.82, 2.24) is 0 Å². The molecule has 4 nitrogen and oxygen atoms in total. The number of rotatable bonds is 15. The van der Waals surface area contributed by atoms with E-state index in [1.54, 1.807) is 6.92 Å². The van der Waals surface area contributed by atoms with E-state index in [-0.39, 0.29) is 12.2 Å². The lowest BCUT2D eigenvalue weighted by Crippen LogP contribution is -2.38. The second-order valence-corrected chi connectivity index (χ2v) is 7.75. The Morgan fingerprint density at radius 2 is 1.88 bits per heavy atom. The predicted octanol–water partition coefficient (Wildman–Crippen LogP) is 4.41. The molecular formula is C20H37BO4. The lowest BCUT2D eigenvalue weighted by Gasteiger charge is -2.30. The second-order valence-electron chi connectivity index (χ2n) is 7.75. The number of hydrogen-bond donors (Lipinski definition) is 0. The van der Waals surface area contributed by atoms with Crippen molar-refractivity contribution in [2.45, 2.75) is 84.2 Å². The molecule has 0 aliphatic carbocycles. The minimum absolute atomic E-state index is 0.00602. The van der Waals surface area contributed by atoms with Gasteiger partial charge in [0, 0.05) is 19.3 Å². The van der Waals surface area contributed by atoms with Crippen LogP contribution in [-0.4, -0.2) is 44.7 Å². The van der Waals surface area contributed by atoms with E-state index in [4.69, 9.17) is 22.1 Å². The minimum atomic E-state index is -1.01. The van der Waals surface area contributed by atoms with Crippen molar-refractivity contribution in [2.75, 3.05) is 19.8 Å². The Hall–Kier alpha value is -0.805. The fraction of sp³-hybridized carbons (Fsp3) is 0.850. The fourth-order valence-corrected chi connectivity index (χ4v) is 2.29. The van der Waals surface area contributed by atoms with Crippen molar-refractivity contribution in [3.05, 3.63) is 12.7 Å². The van der Waals surface area contributed by atoms with E-state index in [1.165, 1.54) is 32.1 Å². The lowest BCUT2D eigenvalue weighted by atomic mass is 9.84. The molecule has 0 N–H and O–H groups in total. The first-order valence-electron chi connectivity index (χ1n) is 9.48. The van der Waals surface area contributed by atoms with Crippen molar-refractivity contribution in [3.63, 3.8) is 0 Å². The zero-order valence-electron chi connectivity index (χ0n) is 16.9. The largest absolute Gasteiger partial charge is 0.460 e. The molecule has 0 bridgehead atoms. The van der Waals surface area contributed by atoms with E-state index in [0.29, 0.717) is 12.5 Å². The third-order valence-corrected chi connectivity index (χ3v) is 4.11. The molecule has 0 saturated heterocycles. The number of carbonyl (C=O) groups is 1. The van der Waals surface area contributed by atoms with Gasteiger partial charge in [-0.15, -0.1) is 0 Å². The Labute approximate surface area is 156 Å². The molecule has 0 saturated carbocycles. The van der Waals surface area contributed by atoms with Gasteiger partial charge >= 0.3 is 5.97 Å². The van der Waals surface area contributed by atoms with Crippen LogP contribution < -0.4 is 0 Å². The summed E-state index contributed by atoms with van der Waals surface area (Å²) in [4.78, 5) is 11.1. The van der Waals surface area contributed by atoms with Crippen LogP contribution in [0.15, 0.2) is 12.7 Å². The van der Waals surface area contributed by atoms with E-state index >= 15 is 0 Å². The molecule has 0 amide bonds. The summed E-state index contributed by atoms with van der Waals surface area (Å²) in [5, 5.41) is 0. The third kappa shape index (κ3) is 14.1. The monoisotopic (exact) mass is 352 g/mol. The van der Waals surface area contributed by atoms with Gasteiger partial charge in [-0.2, -0.15) is 0 Å². The Bertz CT molecular complexity index is 380. The summed E-state index contributed by atoms with van der Waals surface area (Å²) in [5.41, 5.74) is -1.28. The molecule has 0 spiro atoms. The third-order valence-electron chi connectivity index (χ3n) is 4.11. The number of unbranched alkanes of at least 4 members (excludes halogenated alkanes) is 3. The van der Waals surface area contributed by atoms with Crippen molar-refractivity contribution >= 4 is 13.8 Å². The van der Waals surface area contributed by atoms with Crippen LogP contribution in [0.4, 0.5) is 0 Å². The highest BCUT2D eigenvalue weighted by Gasteiger charge is 2.24. The van der Waals surface area contributed by atoms with Crippen molar-refractivity contribution in [1.29, 1.82) is 0 Å². The summed E-state index contributed by atoms with van der Waals surface area (Å²) in [6.07, 6.45) is 8.21. The molecule has 0 fully saturated rings. The van der Waals surface area contributed by atoms with E-state index < -0.39 is 11.5 Å². The highest BCUT2D eigenvalue weighted by molar-refractivity contribution is 6.14. The first-order valence-corrected chi connectivity index (χ1v) is 9.48. The zero-order chi connectivity index (χ0) is 19.3. The van der Waals surface area contributed by atoms with Crippen LogP contribution >= 0.6 is 0 Å². The summed E-state index contributed by atoms with van der Waals surface area (Å²) in [5.74, 6) is 0.0620. The predicted molar refractivity (Wildman–Crippen MR) is 104 cm³/mol. The summed E-state index contributed by atoms with van der Waals surface area (Å²) in [6, 6.07) is 0. The SMILES string of the molecule is [B]C(C)(COC(=O)C=C)OCCC(C)(C)OCC(C)CCCCCC. The van der Waals surface area contributed by atoms with Crippen LogP contribution in [0.2, 0.25) is 0 Å². The maximum Gasteiger partial charge on any atom is 0.330 e. The van der Waals surface area contributed by atoms with Crippen molar-refractivity contribution in [2.24, 2.45) is 5.92 Å². The summed E-state index contributed by atoms with van der Waals surface area (Å²) in [7, 11) is 5.98. The van der Waals surface area contributed by atoms with Gasteiger partial charge < -0.3 is 14.2 Å². The molecule has 0 aromatic heterocycles. The molecule has 0 aliphatic heterocycles. The van der Waals surface area contributed by atoms with Crippen LogP contribution in [0.3, 0.4) is 0 Å². The average molecular weight is 352 g/mol. The van der Waals surface area contributed by atoms with Gasteiger partial charge in [-0.05, 0) is 39.5 Å². The Kier molecular flexibility index (Phi) is 12.1.